The molecule has 2 aromatic rings. The van der Waals surface area contributed by atoms with Crippen LogP contribution >= 0.6 is 0 Å². The third-order valence-electron chi connectivity index (χ3n) is 4.38. The zero-order valence-electron chi connectivity index (χ0n) is 13.6. The van der Waals surface area contributed by atoms with Crippen molar-refractivity contribution in [2.45, 2.75) is 6.92 Å². The van der Waals surface area contributed by atoms with Gasteiger partial charge in [-0.2, -0.15) is 0 Å². The van der Waals surface area contributed by atoms with Crippen molar-refractivity contribution >= 4 is 23.2 Å². The molecule has 1 saturated heterocycles. The Bertz CT molecular complexity index is 709. The summed E-state index contributed by atoms with van der Waals surface area (Å²) in [5, 5.41) is 8.92. The van der Waals surface area contributed by atoms with Crippen molar-refractivity contribution in [2.75, 3.05) is 23.7 Å². The molecule has 0 saturated carbocycles. The van der Waals surface area contributed by atoms with Crippen molar-refractivity contribution in [2.24, 2.45) is 11.8 Å². The summed E-state index contributed by atoms with van der Waals surface area (Å²) in [4.78, 5) is 24.4. The van der Waals surface area contributed by atoms with E-state index in [-0.39, 0.29) is 17.7 Å². The van der Waals surface area contributed by atoms with Gasteiger partial charge >= 0.3 is 0 Å². The summed E-state index contributed by atoms with van der Waals surface area (Å²) in [7, 11) is 0. The van der Waals surface area contributed by atoms with Gasteiger partial charge < -0.3 is 16.0 Å². The molecule has 1 aliphatic heterocycles. The third kappa shape index (κ3) is 3.81. The molecule has 1 heterocycles. The Morgan fingerprint density at radius 1 is 0.958 bits per heavy atom. The molecule has 0 aliphatic carbocycles. The summed E-state index contributed by atoms with van der Waals surface area (Å²) in [6.45, 7) is 3.74. The second-order valence-corrected chi connectivity index (χ2v) is 6.09. The first-order valence-corrected chi connectivity index (χ1v) is 8.11. The van der Waals surface area contributed by atoms with Gasteiger partial charge in [-0.3, -0.25) is 9.59 Å². The van der Waals surface area contributed by atoms with Crippen molar-refractivity contribution in [3.05, 3.63) is 60.2 Å². The molecular weight excluding hydrogens is 302 g/mol. The van der Waals surface area contributed by atoms with Gasteiger partial charge in [-0.1, -0.05) is 25.1 Å². The van der Waals surface area contributed by atoms with Crippen LogP contribution in [-0.4, -0.2) is 24.9 Å². The molecule has 0 spiro atoms. The fourth-order valence-corrected chi connectivity index (χ4v) is 2.56. The standard InChI is InChI=1S/C19H21N3O2/c1-13(15-11-20-12-15)18(23)21-17-9-7-14(8-10-17)19(24)22-16-5-3-2-4-6-16/h2-10,13,15,20H,11-12H2,1H3,(H,21,23)(H,22,24). The maximum atomic E-state index is 12.2. The number of rotatable bonds is 5. The van der Waals surface area contributed by atoms with E-state index >= 15 is 0 Å². The lowest BCUT2D eigenvalue weighted by Gasteiger charge is -2.31. The van der Waals surface area contributed by atoms with E-state index in [9.17, 15) is 9.59 Å². The average Bonchev–Trinajstić information content (AvgIpc) is 2.54. The summed E-state index contributed by atoms with van der Waals surface area (Å²) in [6.07, 6.45) is 0. The number of benzene rings is 2. The highest BCUT2D eigenvalue weighted by Crippen LogP contribution is 2.19. The molecule has 2 amide bonds. The van der Waals surface area contributed by atoms with Crippen LogP contribution in [-0.2, 0) is 4.79 Å². The smallest absolute Gasteiger partial charge is 0.255 e. The zero-order valence-corrected chi connectivity index (χ0v) is 13.6. The van der Waals surface area contributed by atoms with Crippen molar-refractivity contribution in [1.82, 2.24) is 5.32 Å². The normalized spacial score (nSPS) is 15.2. The molecule has 2 aromatic carbocycles. The number of nitrogens with one attached hydrogen (secondary N) is 3. The molecule has 3 rings (SSSR count). The lowest BCUT2D eigenvalue weighted by atomic mass is 9.88. The summed E-state index contributed by atoms with van der Waals surface area (Å²) in [5.41, 5.74) is 2.01. The van der Waals surface area contributed by atoms with E-state index < -0.39 is 0 Å². The zero-order chi connectivity index (χ0) is 16.9. The molecule has 1 unspecified atom stereocenters. The Kier molecular flexibility index (Phi) is 4.91. The Morgan fingerprint density at radius 2 is 1.58 bits per heavy atom. The monoisotopic (exact) mass is 323 g/mol. The quantitative estimate of drug-likeness (QED) is 0.792. The molecule has 0 radical (unpaired) electrons. The lowest BCUT2D eigenvalue weighted by molar-refractivity contribution is -0.121. The van der Waals surface area contributed by atoms with Crippen LogP contribution in [0.1, 0.15) is 17.3 Å². The molecule has 24 heavy (non-hydrogen) atoms. The molecule has 124 valence electrons. The molecule has 5 heteroatoms. The van der Waals surface area contributed by atoms with Gasteiger partial charge in [0.2, 0.25) is 5.91 Å². The Morgan fingerprint density at radius 3 is 2.17 bits per heavy atom. The number of carbonyl (C=O) groups excluding carboxylic acids is 2. The van der Waals surface area contributed by atoms with Gasteiger partial charge in [-0.05, 0) is 55.4 Å². The third-order valence-corrected chi connectivity index (χ3v) is 4.38. The van der Waals surface area contributed by atoms with E-state index in [0.717, 1.165) is 18.8 Å². The fourth-order valence-electron chi connectivity index (χ4n) is 2.56. The molecule has 1 atom stereocenters. The number of hydrogen-bond acceptors (Lipinski definition) is 3. The molecule has 3 N–H and O–H groups in total. The Hall–Kier alpha value is -2.66. The van der Waals surface area contributed by atoms with Crippen LogP contribution in [0.3, 0.4) is 0 Å². The number of amides is 2. The number of carbonyl (C=O) groups is 2. The molecular formula is C19H21N3O2. The summed E-state index contributed by atoms with van der Waals surface area (Å²) in [5.74, 6) is 0.226. The SMILES string of the molecule is CC(C(=O)Nc1ccc(C(=O)Nc2ccccc2)cc1)C1CNC1. The van der Waals surface area contributed by atoms with Crippen LogP contribution in [0.25, 0.3) is 0 Å². The topological polar surface area (TPSA) is 70.2 Å². The lowest BCUT2D eigenvalue weighted by Crippen LogP contribution is -2.48. The highest BCUT2D eigenvalue weighted by Gasteiger charge is 2.28. The first kappa shape index (κ1) is 16.2. The van der Waals surface area contributed by atoms with Crippen LogP contribution in [0.15, 0.2) is 54.6 Å². The maximum Gasteiger partial charge on any atom is 0.255 e. The molecule has 0 aromatic heterocycles. The van der Waals surface area contributed by atoms with E-state index in [0.29, 0.717) is 17.2 Å². The van der Waals surface area contributed by atoms with Crippen LogP contribution in [0, 0.1) is 11.8 Å². The molecule has 1 aliphatic rings. The van der Waals surface area contributed by atoms with Gasteiger partial charge in [-0.25, -0.2) is 0 Å². The Balaban J connectivity index is 1.58. The second kappa shape index (κ2) is 7.27. The van der Waals surface area contributed by atoms with Crippen molar-refractivity contribution in [3.8, 4) is 0 Å². The molecule has 5 nitrogen and oxygen atoms in total. The first-order chi connectivity index (χ1) is 11.6. The van der Waals surface area contributed by atoms with Crippen LogP contribution < -0.4 is 16.0 Å². The summed E-state index contributed by atoms with van der Waals surface area (Å²) in [6, 6.07) is 16.2. The highest BCUT2D eigenvalue weighted by atomic mass is 16.2. The minimum atomic E-state index is -0.173. The summed E-state index contributed by atoms with van der Waals surface area (Å²) >= 11 is 0. The Labute approximate surface area is 141 Å². The van der Waals surface area contributed by atoms with E-state index in [1.54, 1.807) is 24.3 Å². The maximum absolute atomic E-state index is 12.2. The predicted molar refractivity (Wildman–Crippen MR) is 95.0 cm³/mol. The van der Waals surface area contributed by atoms with Gasteiger partial charge in [0, 0.05) is 22.9 Å². The van der Waals surface area contributed by atoms with Gasteiger partial charge in [0.1, 0.15) is 0 Å². The predicted octanol–water partition coefficient (Wildman–Crippen LogP) is 2.73. The highest BCUT2D eigenvalue weighted by molar-refractivity contribution is 6.04. The average molecular weight is 323 g/mol. The first-order valence-electron chi connectivity index (χ1n) is 8.11. The number of anilines is 2. The second-order valence-electron chi connectivity index (χ2n) is 6.09. The number of hydrogen-bond donors (Lipinski definition) is 3. The molecule has 1 fully saturated rings. The largest absolute Gasteiger partial charge is 0.326 e. The van der Waals surface area contributed by atoms with Gasteiger partial charge in [0.05, 0.1) is 0 Å². The van der Waals surface area contributed by atoms with Crippen LogP contribution in [0.2, 0.25) is 0 Å². The van der Waals surface area contributed by atoms with E-state index in [2.05, 4.69) is 16.0 Å². The summed E-state index contributed by atoms with van der Waals surface area (Å²) < 4.78 is 0. The van der Waals surface area contributed by atoms with Crippen molar-refractivity contribution < 1.29 is 9.59 Å². The fraction of sp³-hybridized carbons (Fsp3) is 0.263. The van der Waals surface area contributed by atoms with Gasteiger partial charge in [0.25, 0.3) is 5.91 Å². The molecule has 0 bridgehead atoms. The van der Waals surface area contributed by atoms with Gasteiger partial charge in [-0.15, -0.1) is 0 Å². The van der Waals surface area contributed by atoms with Gasteiger partial charge in [0.15, 0.2) is 0 Å². The van der Waals surface area contributed by atoms with E-state index in [4.69, 9.17) is 0 Å². The van der Waals surface area contributed by atoms with Crippen LogP contribution in [0.5, 0.6) is 0 Å². The minimum absolute atomic E-state index is 0.0167. The van der Waals surface area contributed by atoms with Crippen molar-refractivity contribution in [1.29, 1.82) is 0 Å². The number of para-hydroxylation sites is 1. The minimum Gasteiger partial charge on any atom is -0.326 e. The van der Waals surface area contributed by atoms with E-state index in [1.807, 2.05) is 37.3 Å². The van der Waals surface area contributed by atoms with Crippen LogP contribution in [0.4, 0.5) is 11.4 Å². The van der Waals surface area contributed by atoms with Crippen molar-refractivity contribution in [3.63, 3.8) is 0 Å². The van der Waals surface area contributed by atoms with E-state index in [1.165, 1.54) is 0 Å².